The molecule has 5 nitrogen and oxygen atoms in total. The van der Waals surface area contributed by atoms with E-state index in [9.17, 15) is 4.79 Å². The highest BCUT2D eigenvalue weighted by atomic mass is 16.5. The van der Waals surface area contributed by atoms with Gasteiger partial charge in [0.2, 0.25) is 0 Å². The summed E-state index contributed by atoms with van der Waals surface area (Å²) in [6.45, 7) is 0.0285. The number of rotatable bonds is 2. The molecule has 5 heteroatoms. The smallest absolute Gasteiger partial charge is 0.269 e. The second-order valence-corrected chi connectivity index (χ2v) is 4.55. The summed E-state index contributed by atoms with van der Waals surface area (Å²) in [5.41, 5.74) is 8.80. The summed E-state index contributed by atoms with van der Waals surface area (Å²) in [4.78, 5) is 13.8. The lowest BCUT2D eigenvalue weighted by Gasteiger charge is -2.30. The number of carbonyl (C=O) groups is 1. The Morgan fingerprint density at radius 2 is 2.10 bits per heavy atom. The Bertz CT molecular complexity index is 670. The second-order valence-electron chi connectivity index (χ2n) is 4.55. The topological polar surface area (TPSA) is 67.6 Å². The Hall–Kier alpha value is -2.69. The maximum absolute atomic E-state index is 12.2. The fraction of sp³-hybridized carbons (Fsp3) is 0.133. The molecule has 0 spiro atoms. The fourth-order valence-corrected chi connectivity index (χ4v) is 2.26. The number of carbonyl (C=O) groups excluding carboxylic acids is 1. The van der Waals surface area contributed by atoms with Crippen LogP contribution in [-0.4, -0.2) is 19.6 Å². The zero-order chi connectivity index (χ0) is 14.1. The van der Waals surface area contributed by atoms with Crippen LogP contribution in [0.4, 0.5) is 22.7 Å². The van der Waals surface area contributed by atoms with Gasteiger partial charge in [-0.25, -0.2) is 0 Å². The van der Waals surface area contributed by atoms with Crippen LogP contribution in [0, 0.1) is 0 Å². The molecule has 0 atom stereocenters. The molecule has 0 aliphatic carbocycles. The molecule has 1 heterocycles. The number of hydrogen-bond acceptors (Lipinski definition) is 4. The van der Waals surface area contributed by atoms with Crippen LogP contribution < -0.4 is 20.7 Å². The Morgan fingerprint density at radius 3 is 2.85 bits per heavy atom. The first-order valence-electron chi connectivity index (χ1n) is 6.32. The van der Waals surface area contributed by atoms with E-state index >= 15 is 0 Å². The minimum atomic E-state index is -0.114. The number of anilines is 4. The lowest BCUT2D eigenvalue weighted by Crippen LogP contribution is -2.35. The highest BCUT2D eigenvalue weighted by Crippen LogP contribution is 2.39. The van der Waals surface area contributed by atoms with Crippen molar-refractivity contribution in [2.24, 2.45) is 0 Å². The van der Waals surface area contributed by atoms with Gasteiger partial charge in [-0.1, -0.05) is 6.07 Å². The van der Waals surface area contributed by atoms with Crippen LogP contribution >= 0.6 is 0 Å². The molecule has 20 heavy (non-hydrogen) atoms. The number of nitrogens with one attached hydrogen (secondary N) is 1. The lowest BCUT2D eigenvalue weighted by atomic mass is 10.1. The Kier molecular flexibility index (Phi) is 2.95. The third kappa shape index (κ3) is 2.03. The van der Waals surface area contributed by atoms with Crippen molar-refractivity contribution in [3.63, 3.8) is 0 Å². The van der Waals surface area contributed by atoms with Gasteiger partial charge < -0.3 is 15.8 Å². The highest BCUT2D eigenvalue weighted by Gasteiger charge is 2.27. The van der Waals surface area contributed by atoms with Crippen molar-refractivity contribution >= 4 is 28.7 Å². The van der Waals surface area contributed by atoms with E-state index in [0.717, 1.165) is 17.1 Å². The van der Waals surface area contributed by atoms with Gasteiger partial charge in [-0.3, -0.25) is 9.69 Å². The quantitative estimate of drug-likeness (QED) is 0.821. The van der Waals surface area contributed by atoms with E-state index < -0.39 is 0 Å². The summed E-state index contributed by atoms with van der Waals surface area (Å²) < 4.78 is 5.47. The molecule has 0 fully saturated rings. The van der Waals surface area contributed by atoms with Crippen molar-refractivity contribution in [2.75, 3.05) is 29.6 Å². The van der Waals surface area contributed by atoms with E-state index in [1.54, 1.807) is 17.0 Å². The molecule has 0 aromatic heterocycles. The van der Waals surface area contributed by atoms with Crippen LogP contribution in [0.1, 0.15) is 0 Å². The van der Waals surface area contributed by atoms with E-state index in [1.165, 1.54) is 0 Å². The summed E-state index contributed by atoms with van der Waals surface area (Å²) in [6.07, 6.45) is 0. The van der Waals surface area contributed by atoms with Crippen LogP contribution in [0.15, 0.2) is 42.5 Å². The molecule has 3 N–H and O–H groups in total. The van der Waals surface area contributed by atoms with E-state index in [4.69, 9.17) is 10.5 Å². The number of amides is 1. The van der Waals surface area contributed by atoms with Crippen molar-refractivity contribution in [3.05, 3.63) is 42.5 Å². The molecular weight excluding hydrogens is 254 g/mol. The molecule has 1 aliphatic rings. The Morgan fingerprint density at radius 1 is 1.25 bits per heavy atom. The van der Waals surface area contributed by atoms with Crippen molar-refractivity contribution in [1.29, 1.82) is 0 Å². The van der Waals surface area contributed by atoms with Gasteiger partial charge in [-0.15, -0.1) is 0 Å². The number of nitrogens with two attached hydrogens (primary N) is 1. The molecule has 1 aliphatic heterocycles. The van der Waals surface area contributed by atoms with Crippen LogP contribution in [0.3, 0.4) is 0 Å². The molecule has 0 saturated carbocycles. The molecule has 2 aromatic carbocycles. The van der Waals surface area contributed by atoms with E-state index in [-0.39, 0.29) is 12.5 Å². The number of ether oxygens (including phenoxy) is 1. The van der Waals surface area contributed by atoms with Gasteiger partial charge in [0.25, 0.3) is 5.91 Å². The van der Waals surface area contributed by atoms with Gasteiger partial charge >= 0.3 is 0 Å². The van der Waals surface area contributed by atoms with Crippen molar-refractivity contribution in [1.82, 2.24) is 0 Å². The average molecular weight is 269 g/mol. The fourth-order valence-electron chi connectivity index (χ4n) is 2.26. The van der Waals surface area contributed by atoms with Crippen LogP contribution in [-0.2, 0) is 4.79 Å². The monoisotopic (exact) mass is 269 g/mol. The molecular formula is C15H15N3O2. The zero-order valence-electron chi connectivity index (χ0n) is 11.1. The molecule has 3 rings (SSSR count). The second kappa shape index (κ2) is 4.77. The predicted octanol–water partition coefficient (Wildman–Crippen LogP) is 2.37. The minimum absolute atomic E-state index is 0.0285. The first kappa shape index (κ1) is 12.3. The summed E-state index contributed by atoms with van der Waals surface area (Å²) in [6, 6.07) is 12.9. The number of nitrogens with zero attached hydrogens (tertiary/aromatic N) is 1. The molecule has 0 bridgehead atoms. The Balaban J connectivity index is 2.14. The van der Waals surface area contributed by atoms with Crippen molar-refractivity contribution < 1.29 is 9.53 Å². The molecule has 0 radical (unpaired) electrons. The van der Waals surface area contributed by atoms with Gasteiger partial charge in [0, 0.05) is 18.4 Å². The first-order chi connectivity index (χ1) is 9.69. The highest BCUT2D eigenvalue weighted by molar-refractivity contribution is 6.05. The molecule has 2 aromatic rings. The van der Waals surface area contributed by atoms with Gasteiger partial charge in [0.15, 0.2) is 6.61 Å². The Labute approximate surface area is 117 Å². The molecule has 102 valence electrons. The summed E-state index contributed by atoms with van der Waals surface area (Å²) in [5, 5.41) is 3.06. The van der Waals surface area contributed by atoms with E-state index in [0.29, 0.717) is 11.4 Å². The third-order valence-corrected chi connectivity index (χ3v) is 3.22. The van der Waals surface area contributed by atoms with Gasteiger partial charge in [-0.05, 0) is 36.4 Å². The van der Waals surface area contributed by atoms with Crippen LogP contribution in [0.25, 0.3) is 0 Å². The predicted molar refractivity (Wildman–Crippen MR) is 79.5 cm³/mol. The third-order valence-electron chi connectivity index (χ3n) is 3.22. The molecule has 0 unspecified atom stereocenters. The molecule has 0 saturated heterocycles. The van der Waals surface area contributed by atoms with Crippen molar-refractivity contribution in [2.45, 2.75) is 0 Å². The van der Waals surface area contributed by atoms with Crippen molar-refractivity contribution in [3.8, 4) is 5.75 Å². The van der Waals surface area contributed by atoms with E-state index in [1.807, 2.05) is 37.4 Å². The standard InChI is InChI=1S/C15H15N3O2/c1-17-11-5-6-14-13(8-11)18(15(19)9-20-14)12-4-2-3-10(16)7-12/h2-8,17H,9,16H2,1H3. The van der Waals surface area contributed by atoms with Crippen LogP contribution in [0.5, 0.6) is 5.75 Å². The van der Waals surface area contributed by atoms with E-state index in [2.05, 4.69) is 5.32 Å². The summed E-state index contributed by atoms with van der Waals surface area (Å²) in [7, 11) is 1.83. The van der Waals surface area contributed by atoms with Crippen LogP contribution in [0.2, 0.25) is 0 Å². The number of hydrogen-bond donors (Lipinski definition) is 2. The van der Waals surface area contributed by atoms with Gasteiger partial charge in [0.1, 0.15) is 5.75 Å². The molecule has 1 amide bonds. The number of nitrogen functional groups attached to an aromatic ring is 1. The minimum Gasteiger partial charge on any atom is -0.482 e. The first-order valence-corrected chi connectivity index (χ1v) is 6.32. The number of fused-ring (bicyclic) bond motifs is 1. The van der Waals surface area contributed by atoms with Gasteiger partial charge in [-0.2, -0.15) is 0 Å². The maximum Gasteiger partial charge on any atom is 0.269 e. The largest absolute Gasteiger partial charge is 0.482 e. The lowest BCUT2D eigenvalue weighted by molar-refractivity contribution is -0.120. The summed E-state index contributed by atoms with van der Waals surface area (Å²) >= 11 is 0. The number of benzene rings is 2. The average Bonchev–Trinajstić information content (AvgIpc) is 2.46. The van der Waals surface area contributed by atoms with Gasteiger partial charge in [0.05, 0.1) is 11.4 Å². The normalized spacial score (nSPS) is 13.7. The summed E-state index contributed by atoms with van der Waals surface area (Å²) in [5.74, 6) is 0.572. The SMILES string of the molecule is CNc1ccc2c(c1)N(c1cccc(N)c1)C(=O)CO2. The maximum atomic E-state index is 12.2. The zero-order valence-corrected chi connectivity index (χ0v) is 11.1.